The fourth-order valence-electron chi connectivity index (χ4n) is 3.39. The summed E-state index contributed by atoms with van der Waals surface area (Å²) in [5.74, 6) is 1.01. The minimum Gasteiger partial charge on any atom is -0.507 e. The molecule has 0 spiro atoms. The van der Waals surface area contributed by atoms with Crippen LogP contribution in [0.3, 0.4) is 0 Å². The van der Waals surface area contributed by atoms with E-state index in [4.69, 9.17) is 0 Å². The molecular formula is C20H28N4O3. The number of hydrogen-bond acceptors (Lipinski definition) is 4. The Balaban J connectivity index is 1.66. The molecule has 2 N–H and O–H groups in total. The van der Waals surface area contributed by atoms with Crippen molar-refractivity contribution < 1.29 is 9.90 Å². The van der Waals surface area contributed by atoms with Crippen LogP contribution in [0.4, 0.5) is 0 Å². The molecule has 1 atom stereocenters. The van der Waals surface area contributed by atoms with Gasteiger partial charge in [0.1, 0.15) is 11.6 Å². The van der Waals surface area contributed by atoms with Crippen molar-refractivity contribution in [1.82, 2.24) is 19.7 Å². The van der Waals surface area contributed by atoms with Gasteiger partial charge in [0.05, 0.1) is 5.56 Å². The third-order valence-electron chi connectivity index (χ3n) is 5.07. The molecule has 2 aromatic rings. The zero-order valence-corrected chi connectivity index (χ0v) is 16.2. The zero-order chi connectivity index (χ0) is 19.6. The second-order valence-electron chi connectivity index (χ2n) is 7.77. The SMILES string of the molecule is Cc1ccc(O)c(C(=O)NC2CCc3nn(CCC(C)C)c(=O)n3CC2)c1. The van der Waals surface area contributed by atoms with Gasteiger partial charge in [-0.3, -0.25) is 9.36 Å². The van der Waals surface area contributed by atoms with Crippen LogP contribution in [0.25, 0.3) is 0 Å². The maximum atomic E-state index is 12.6. The van der Waals surface area contributed by atoms with Gasteiger partial charge >= 0.3 is 5.69 Å². The van der Waals surface area contributed by atoms with Crippen molar-refractivity contribution in [2.45, 2.75) is 65.6 Å². The minimum atomic E-state index is -0.282. The number of rotatable bonds is 5. The Morgan fingerprint density at radius 1 is 1.37 bits per heavy atom. The van der Waals surface area contributed by atoms with E-state index >= 15 is 0 Å². The van der Waals surface area contributed by atoms with E-state index in [2.05, 4.69) is 24.3 Å². The highest BCUT2D eigenvalue weighted by Gasteiger charge is 2.23. The summed E-state index contributed by atoms with van der Waals surface area (Å²) < 4.78 is 3.30. The third kappa shape index (κ3) is 4.40. The van der Waals surface area contributed by atoms with Gasteiger partial charge in [-0.2, -0.15) is 5.10 Å². The van der Waals surface area contributed by atoms with Crippen molar-refractivity contribution in [3.05, 3.63) is 45.6 Å². The van der Waals surface area contributed by atoms with Crippen molar-refractivity contribution in [2.75, 3.05) is 0 Å². The Bertz CT molecular complexity index is 882. The molecule has 1 unspecified atom stereocenters. The van der Waals surface area contributed by atoms with Crippen LogP contribution in [-0.4, -0.2) is 31.4 Å². The first-order chi connectivity index (χ1) is 12.8. The number of fused-ring (bicyclic) bond motifs is 1. The van der Waals surface area contributed by atoms with E-state index < -0.39 is 0 Å². The van der Waals surface area contributed by atoms with E-state index in [0.717, 1.165) is 24.2 Å². The highest BCUT2D eigenvalue weighted by Crippen LogP contribution is 2.19. The number of amides is 1. The fourth-order valence-corrected chi connectivity index (χ4v) is 3.39. The van der Waals surface area contributed by atoms with E-state index in [1.807, 2.05) is 6.92 Å². The molecular weight excluding hydrogens is 344 g/mol. The van der Waals surface area contributed by atoms with Gasteiger partial charge in [-0.25, -0.2) is 9.48 Å². The average Bonchev–Trinajstić information content (AvgIpc) is 2.78. The predicted molar refractivity (Wildman–Crippen MR) is 103 cm³/mol. The van der Waals surface area contributed by atoms with Crippen LogP contribution in [0.5, 0.6) is 5.75 Å². The first-order valence-electron chi connectivity index (χ1n) is 9.62. The molecule has 146 valence electrons. The lowest BCUT2D eigenvalue weighted by Crippen LogP contribution is -2.36. The lowest BCUT2D eigenvalue weighted by atomic mass is 10.1. The van der Waals surface area contributed by atoms with Gasteiger partial charge in [-0.1, -0.05) is 25.5 Å². The van der Waals surface area contributed by atoms with Crippen molar-refractivity contribution in [2.24, 2.45) is 5.92 Å². The van der Waals surface area contributed by atoms with Gasteiger partial charge in [0.25, 0.3) is 5.91 Å². The third-order valence-corrected chi connectivity index (χ3v) is 5.07. The molecule has 0 radical (unpaired) electrons. The number of aromatic nitrogens is 3. The number of hydrogen-bond donors (Lipinski definition) is 2. The number of aryl methyl sites for hydroxylation is 3. The maximum Gasteiger partial charge on any atom is 0.345 e. The molecule has 1 amide bonds. The molecule has 3 rings (SSSR count). The maximum absolute atomic E-state index is 12.6. The van der Waals surface area contributed by atoms with Gasteiger partial charge in [-0.15, -0.1) is 0 Å². The van der Waals surface area contributed by atoms with E-state index in [1.165, 1.54) is 6.07 Å². The summed E-state index contributed by atoms with van der Waals surface area (Å²) in [6.07, 6.45) is 2.96. The molecule has 1 aromatic heterocycles. The lowest BCUT2D eigenvalue weighted by Gasteiger charge is -2.16. The molecule has 27 heavy (non-hydrogen) atoms. The van der Waals surface area contributed by atoms with Crippen LogP contribution in [-0.2, 0) is 19.5 Å². The van der Waals surface area contributed by atoms with E-state index in [9.17, 15) is 14.7 Å². The first-order valence-corrected chi connectivity index (χ1v) is 9.62. The number of phenolic OH excluding ortho intramolecular Hbond substituents is 1. The van der Waals surface area contributed by atoms with Crippen LogP contribution in [0.1, 0.15) is 54.9 Å². The van der Waals surface area contributed by atoms with Crippen molar-refractivity contribution in [3.8, 4) is 5.75 Å². The number of nitrogens with one attached hydrogen (secondary N) is 1. The van der Waals surface area contributed by atoms with Crippen molar-refractivity contribution in [3.63, 3.8) is 0 Å². The quantitative estimate of drug-likeness (QED) is 0.842. The summed E-state index contributed by atoms with van der Waals surface area (Å²) in [4.78, 5) is 25.1. The highest BCUT2D eigenvalue weighted by molar-refractivity contribution is 5.97. The molecule has 0 saturated carbocycles. The normalized spacial score (nSPS) is 16.8. The topological polar surface area (TPSA) is 89.2 Å². The average molecular weight is 372 g/mol. The van der Waals surface area contributed by atoms with Crippen LogP contribution < -0.4 is 11.0 Å². The number of nitrogens with zero attached hydrogens (tertiary/aromatic N) is 3. The fraction of sp³-hybridized carbons (Fsp3) is 0.550. The molecule has 0 saturated heterocycles. The molecule has 1 aromatic carbocycles. The molecule has 1 aliphatic rings. The molecule has 7 nitrogen and oxygen atoms in total. The standard InChI is InChI=1S/C20H28N4O3/c1-13(2)8-11-24-20(27)23-10-9-15(5-7-18(23)22-24)21-19(26)16-12-14(3)4-6-17(16)25/h4,6,12-13,15,25H,5,7-11H2,1-3H3,(H,21,26). The summed E-state index contributed by atoms with van der Waals surface area (Å²) in [6, 6.07) is 4.93. The lowest BCUT2D eigenvalue weighted by molar-refractivity contribution is 0.0930. The summed E-state index contributed by atoms with van der Waals surface area (Å²) in [6.45, 7) is 7.33. The van der Waals surface area contributed by atoms with E-state index in [-0.39, 0.29) is 29.0 Å². The van der Waals surface area contributed by atoms with Gasteiger partial charge in [0, 0.05) is 25.6 Å². The molecule has 0 aliphatic carbocycles. The Morgan fingerprint density at radius 3 is 2.89 bits per heavy atom. The molecule has 0 bridgehead atoms. The Kier molecular flexibility index (Phi) is 5.68. The van der Waals surface area contributed by atoms with Crippen molar-refractivity contribution in [1.29, 1.82) is 0 Å². The van der Waals surface area contributed by atoms with Gasteiger partial charge in [-0.05, 0) is 44.2 Å². The number of phenols is 1. The van der Waals surface area contributed by atoms with E-state index in [0.29, 0.717) is 31.8 Å². The molecule has 0 fully saturated rings. The van der Waals surface area contributed by atoms with Gasteiger partial charge in [0.15, 0.2) is 0 Å². The molecule has 1 aliphatic heterocycles. The number of carbonyl (C=O) groups is 1. The Labute approximate surface area is 159 Å². The van der Waals surface area contributed by atoms with Gasteiger partial charge in [0.2, 0.25) is 0 Å². The smallest absolute Gasteiger partial charge is 0.345 e. The predicted octanol–water partition coefficient (Wildman–Crippen LogP) is 2.24. The highest BCUT2D eigenvalue weighted by atomic mass is 16.3. The summed E-state index contributed by atoms with van der Waals surface area (Å²) in [5, 5.41) is 17.4. The van der Waals surface area contributed by atoms with Crippen LogP contribution in [0.15, 0.2) is 23.0 Å². The Hall–Kier alpha value is -2.57. The molecule has 7 heteroatoms. The number of aromatic hydroxyl groups is 1. The molecule has 2 heterocycles. The summed E-state index contributed by atoms with van der Waals surface area (Å²) >= 11 is 0. The first kappa shape index (κ1) is 19.2. The van der Waals surface area contributed by atoms with Gasteiger partial charge < -0.3 is 10.4 Å². The zero-order valence-electron chi connectivity index (χ0n) is 16.2. The van der Waals surface area contributed by atoms with Crippen LogP contribution >= 0.6 is 0 Å². The van der Waals surface area contributed by atoms with Crippen molar-refractivity contribution >= 4 is 5.91 Å². The number of benzene rings is 1. The largest absolute Gasteiger partial charge is 0.507 e. The summed E-state index contributed by atoms with van der Waals surface area (Å²) in [5.41, 5.74) is 1.14. The number of carbonyl (C=O) groups excluding carboxylic acids is 1. The monoisotopic (exact) mass is 372 g/mol. The van der Waals surface area contributed by atoms with E-state index in [1.54, 1.807) is 21.4 Å². The van der Waals surface area contributed by atoms with Crippen LogP contribution in [0.2, 0.25) is 0 Å². The minimum absolute atomic E-state index is 0.0207. The summed E-state index contributed by atoms with van der Waals surface area (Å²) in [7, 11) is 0. The second kappa shape index (κ2) is 7.98. The van der Waals surface area contributed by atoms with Crippen LogP contribution in [0, 0.1) is 12.8 Å². The Morgan fingerprint density at radius 2 is 2.15 bits per heavy atom. The second-order valence-corrected chi connectivity index (χ2v) is 7.77.